The fourth-order valence-electron chi connectivity index (χ4n) is 4.53. The van der Waals surface area contributed by atoms with Gasteiger partial charge in [0.25, 0.3) is 0 Å². The summed E-state index contributed by atoms with van der Waals surface area (Å²) in [4.78, 5) is 7.00. The highest BCUT2D eigenvalue weighted by atomic mass is 19.1. The molecular weight excluding hydrogens is 367 g/mol. The molecule has 0 amide bonds. The molecule has 1 aliphatic carbocycles. The van der Waals surface area contributed by atoms with E-state index in [1.54, 1.807) is 12.1 Å². The van der Waals surface area contributed by atoms with Crippen LogP contribution in [0.4, 0.5) is 10.1 Å². The van der Waals surface area contributed by atoms with E-state index in [1.807, 2.05) is 0 Å². The zero-order valence-electron chi connectivity index (χ0n) is 17.6. The van der Waals surface area contributed by atoms with Crippen LogP contribution in [0.2, 0.25) is 0 Å². The largest absolute Gasteiger partial charge is 0.494 e. The molecule has 1 aromatic rings. The van der Waals surface area contributed by atoms with Crippen molar-refractivity contribution in [2.75, 3.05) is 32.1 Å². The maximum absolute atomic E-state index is 13.8. The fourth-order valence-corrected chi connectivity index (χ4v) is 4.53. The van der Waals surface area contributed by atoms with E-state index in [4.69, 9.17) is 10.5 Å². The summed E-state index contributed by atoms with van der Waals surface area (Å²) in [6.07, 6.45) is 10.5. The smallest absolute Gasteiger partial charge is 0.167 e. The Kier molecular flexibility index (Phi) is 7.92. The monoisotopic (exact) mass is 402 g/mol. The summed E-state index contributed by atoms with van der Waals surface area (Å²) in [5.74, 6) is 1.97. The van der Waals surface area contributed by atoms with Crippen molar-refractivity contribution >= 4 is 11.5 Å². The van der Waals surface area contributed by atoms with Crippen molar-refractivity contribution in [1.29, 1.82) is 0 Å². The van der Waals surface area contributed by atoms with Crippen molar-refractivity contribution < 1.29 is 9.13 Å². The Bertz CT molecular complexity index is 715. The molecule has 1 unspecified atom stereocenters. The van der Waals surface area contributed by atoms with Crippen molar-refractivity contribution in [2.24, 2.45) is 22.6 Å². The van der Waals surface area contributed by atoms with Gasteiger partial charge in [0.2, 0.25) is 0 Å². The standard InChI is InChI=1S/C23H35FN4O/c1-17(26-20-10-11-22(29-2)21(24)15-20)27-23(25)19-9-6-13-28(16-19)14-12-18-7-4-3-5-8-18/h10-11,15,18-19,26H,1,3-9,12-14,16H2,2H3,(H2,25,27). The number of anilines is 1. The number of aliphatic imine (C=N–C) groups is 1. The number of nitrogens with one attached hydrogen (secondary N) is 1. The Morgan fingerprint density at radius 2 is 2.07 bits per heavy atom. The minimum Gasteiger partial charge on any atom is -0.494 e. The number of hydrogen-bond acceptors (Lipinski definition) is 4. The summed E-state index contributed by atoms with van der Waals surface area (Å²) in [5, 5.41) is 3.01. The van der Waals surface area contributed by atoms with Gasteiger partial charge in [-0.2, -0.15) is 0 Å². The summed E-state index contributed by atoms with van der Waals surface area (Å²) in [5.41, 5.74) is 6.88. The SMILES string of the molecule is C=C(/N=C(\N)C1CCCN(CCC2CCCCC2)C1)Nc1ccc(OC)c(F)c1. The molecule has 1 aliphatic heterocycles. The first-order chi connectivity index (χ1) is 14.0. The summed E-state index contributed by atoms with van der Waals surface area (Å²) >= 11 is 0. The molecule has 1 saturated heterocycles. The van der Waals surface area contributed by atoms with Crippen LogP contribution in [0.15, 0.2) is 35.6 Å². The lowest BCUT2D eigenvalue weighted by Crippen LogP contribution is -2.42. The van der Waals surface area contributed by atoms with Crippen LogP contribution in [0, 0.1) is 17.7 Å². The Labute approximate surface area is 174 Å². The number of methoxy groups -OCH3 is 1. The minimum atomic E-state index is -0.428. The van der Waals surface area contributed by atoms with Gasteiger partial charge in [0, 0.05) is 24.2 Å². The molecule has 0 aromatic heterocycles. The first-order valence-electron chi connectivity index (χ1n) is 10.9. The summed E-state index contributed by atoms with van der Waals surface area (Å²) in [7, 11) is 1.44. The van der Waals surface area contributed by atoms with Crippen LogP contribution in [-0.4, -0.2) is 37.5 Å². The van der Waals surface area contributed by atoms with Crippen LogP contribution in [-0.2, 0) is 0 Å². The van der Waals surface area contributed by atoms with Crippen LogP contribution in [0.5, 0.6) is 5.75 Å². The van der Waals surface area contributed by atoms with Crippen molar-refractivity contribution in [3.05, 3.63) is 36.4 Å². The maximum atomic E-state index is 13.8. The van der Waals surface area contributed by atoms with Gasteiger partial charge in [-0.05, 0) is 50.4 Å². The number of rotatable bonds is 8. The molecule has 3 N–H and O–H groups in total. The molecule has 2 fully saturated rings. The van der Waals surface area contributed by atoms with Crippen LogP contribution < -0.4 is 15.8 Å². The topological polar surface area (TPSA) is 62.9 Å². The van der Waals surface area contributed by atoms with Crippen LogP contribution >= 0.6 is 0 Å². The predicted octanol–water partition coefficient (Wildman–Crippen LogP) is 4.76. The molecule has 0 radical (unpaired) electrons. The van der Waals surface area contributed by atoms with Crippen LogP contribution in [0.1, 0.15) is 51.4 Å². The average molecular weight is 403 g/mol. The van der Waals surface area contributed by atoms with Gasteiger partial charge in [0.05, 0.1) is 7.11 Å². The molecule has 2 aliphatic rings. The van der Waals surface area contributed by atoms with Gasteiger partial charge >= 0.3 is 0 Å². The highest BCUT2D eigenvalue weighted by Crippen LogP contribution is 2.27. The van der Waals surface area contributed by atoms with Gasteiger partial charge in [-0.1, -0.05) is 38.7 Å². The normalized spacial score (nSPS) is 21.7. The lowest BCUT2D eigenvalue weighted by atomic mass is 9.86. The number of nitrogens with zero attached hydrogens (tertiary/aromatic N) is 2. The van der Waals surface area contributed by atoms with E-state index in [9.17, 15) is 4.39 Å². The number of hydrogen-bond donors (Lipinski definition) is 2. The Hall–Kier alpha value is -2.08. The van der Waals surface area contributed by atoms with E-state index in [2.05, 4.69) is 21.8 Å². The van der Waals surface area contributed by atoms with Gasteiger partial charge in [-0.25, -0.2) is 9.38 Å². The fraction of sp³-hybridized carbons (Fsp3) is 0.609. The first-order valence-corrected chi connectivity index (χ1v) is 10.9. The van der Waals surface area contributed by atoms with E-state index >= 15 is 0 Å². The molecule has 6 heteroatoms. The molecule has 0 bridgehead atoms. The van der Waals surface area contributed by atoms with Crippen LogP contribution in [0.25, 0.3) is 0 Å². The second kappa shape index (κ2) is 10.6. The molecular formula is C23H35FN4O. The van der Waals surface area contributed by atoms with Crippen molar-refractivity contribution in [3.8, 4) is 5.75 Å². The van der Waals surface area contributed by atoms with E-state index in [0.29, 0.717) is 17.3 Å². The van der Waals surface area contributed by atoms with Gasteiger partial charge in [-0.3, -0.25) is 0 Å². The van der Waals surface area contributed by atoms with E-state index in [0.717, 1.165) is 31.8 Å². The molecule has 5 nitrogen and oxygen atoms in total. The highest BCUT2D eigenvalue weighted by molar-refractivity contribution is 5.84. The van der Waals surface area contributed by atoms with E-state index in [-0.39, 0.29) is 11.7 Å². The molecule has 1 atom stereocenters. The minimum absolute atomic E-state index is 0.208. The Balaban J connectivity index is 1.50. The third-order valence-corrected chi connectivity index (χ3v) is 6.21. The Morgan fingerprint density at radius 1 is 1.28 bits per heavy atom. The number of likely N-dealkylation sites (tertiary alicyclic amines) is 1. The number of benzene rings is 1. The quantitative estimate of drug-likeness (QED) is 0.486. The molecule has 29 heavy (non-hydrogen) atoms. The second-order valence-corrected chi connectivity index (χ2v) is 8.39. The van der Waals surface area contributed by atoms with Crippen LogP contribution in [0.3, 0.4) is 0 Å². The lowest BCUT2D eigenvalue weighted by molar-refractivity contribution is 0.182. The molecule has 1 saturated carbocycles. The summed E-state index contributed by atoms with van der Waals surface area (Å²) < 4.78 is 18.8. The third kappa shape index (κ3) is 6.46. The van der Waals surface area contributed by atoms with Gasteiger partial charge < -0.3 is 20.7 Å². The average Bonchev–Trinajstić information content (AvgIpc) is 2.73. The third-order valence-electron chi connectivity index (χ3n) is 6.21. The van der Waals surface area contributed by atoms with Gasteiger partial charge in [-0.15, -0.1) is 0 Å². The predicted molar refractivity (Wildman–Crippen MR) is 118 cm³/mol. The Morgan fingerprint density at radius 3 is 2.79 bits per heavy atom. The van der Waals surface area contributed by atoms with Crippen molar-refractivity contribution in [2.45, 2.75) is 51.4 Å². The first kappa shape index (κ1) is 21.6. The van der Waals surface area contributed by atoms with Gasteiger partial charge in [0.15, 0.2) is 11.6 Å². The molecule has 1 heterocycles. The highest BCUT2D eigenvalue weighted by Gasteiger charge is 2.24. The number of amidine groups is 1. The number of nitrogens with two attached hydrogens (primary N) is 1. The zero-order valence-corrected chi connectivity index (χ0v) is 17.6. The zero-order chi connectivity index (χ0) is 20.6. The maximum Gasteiger partial charge on any atom is 0.167 e. The lowest BCUT2D eigenvalue weighted by Gasteiger charge is -2.34. The van der Waals surface area contributed by atoms with E-state index in [1.165, 1.54) is 58.2 Å². The summed E-state index contributed by atoms with van der Waals surface area (Å²) in [6.45, 7) is 7.21. The molecule has 0 spiro atoms. The molecule has 160 valence electrons. The second-order valence-electron chi connectivity index (χ2n) is 8.39. The van der Waals surface area contributed by atoms with Crippen molar-refractivity contribution in [1.82, 2.24) is 4.90 Å². The molecule has 3 rings (SSSR count). The number of halogens is 1. The van der Waals surface area contributed by atoms with Gasteiger partial charge in [0.1, 0.15) is 11.7 Å². The van der Waals surface area contributed by atoms with E-state index < -0.39 is 5.82 Å². The number of ether oxygens (including phenoxy) is 1. The molecule has 1 aromatic carbocycles. The number of piperidine rings is 1. The summed E-state index contributed by atoms with van der Waals surface area (Å²) in [6, 6.07) is 4.67. The van der Waals surface area contributed by atoms with Crippen molar-refractivity contribution in [3.63, 3.8) is 0 Å².